The van der Waals surface area contributed by atoms with Crippen LogP contribution in [0.1, 0.15) is 57.1 Å². The lowest BCUT2D eigenvalue weighted by Gasteiger charge is -2.23. The van der Waals surface area contributed by atoms with E-state index in [9.17, 15) is 19.2 Å². The Morgan fingerprint density at radius 1 is 0.949 bits per heavy atom. The average molecular weight is 535 g/mol. The second-order valence-electron chi connectivity index (χ2n) is 9.71. The van der Waals surface area contributed by atoms with Crippen LogP contribution in [-0.2, 0) is 23.9 Å². The van der Waals surface area contributed by atoms with E-state index in [1.807, 2.05) is 62.4 Å². The first-order valence-corrected chi connectivity index (χ1v) is 13.0. The largest absolute Gasteiger partial charge is 0.464 e. The lowest BCUT2D eigenvalue weighted by molar-refractivity contribution is -0.148. The maximum absolute atomic E-state index is 13.2. The third kappa shape index (κ3) is 7.85. The Balaban J connectivity index is 1.67. The number of esters is 1. The number of fused-ring (bicyclic) bond motifs is 3. The summed E-state index contributed by atoms with van der Waals surface area (Å²) in [6, 6.07) is 13.9. The minimum absolute atomic E-state index is 0.0398. The number of ether oxygens (including phenoxy) is 2. The van der Waals surface area contributed by atoms with Crippen molar-refractivity contribution in [3.63, 3.8) is 0 Å². The second-order valence-corrected chi connectivity index (χ2v) is 9.71. The zero-order chi connectivity index (χ0) is 28.4. The number of hydrogen-bond donors (Lipinski definition) is 2. The molecule has 39 heavy (non-hydrogen) atoms. The Morgan fingerprint density at radius 2 is 1.56 bits per heavy atom. The number of rotatable bonds is 13. The van der Waals surface area contributed by atoms with Crippen molar-refractivity contribution in [3.05, 3.63) is 65.2 Å². The summed E-state index contributed by atoms with van der Waals surface area (Å²) >= 11 is 0. The lowest BCUT2D eigenvalue weighted by atomic mass is 9.98. The molecular formula is C29H34N4O6. The van der Waals surface area contributed by atoms with Crippen LogP contribution in [0, 0.1) is 5.92 Å². The fourth-order valence-electron chi connectivity index (χ4n) is 4.66. The summed E-state index contributed by atoms with van der Waals surface area (Å²) in [5, 5.41) is 5.23. The minimum Gasteiger partial charge on any atom is -0.464 e. The van der Waals surface area contributed by atoms with Gasteiger partial charge in [0.2, 0.25) is 11.7 Å². The highest BCUT2D eigenvalue weighted by atomic mass is 16.5. The van der Waals surface area contributed by atoms with Crippen molar-refractivity contribution in [3.8, 4) is 11.1 Å². The molecule has 0 saturated heterocycles. The van der Waals surface area contributed by atoms with Gasteiger partial charge in [0.05, 0.1) is 6.61 Å². The molecule has 206 valence electrons. The van der Waals surface area contributed by atoms with Crippen molar-refractivity contribution in [2.75, 3.05) is 13.2 Å². The first kappa shape index (κ1) is 29.3. The van der Waals surface area contributed by atoms with E-state index in [2.05, 4.69) is 15.4 Å². The third-order valence-electron chi connectivity index (χ3n) is 6.43. The van der Waals surface area contributed by atoms with Gasteiger partial charge in [-0.25, -0.2) is 9.59 Å². The first-order valence-electron chi connectivity index (χ1n) is 13.0. The summed E-state index contributed by atoms with van der Waals surface area (Å²) in [5.41, 5.74) is 12.9. The number of alkyl carbamates (subject to hydrolysis) is 1. The molecule has 1 aliphatic rings. The zero-order valence-corrected chi connectivity index (χ0v) is 22.4. The van der Waals surface area contributed by atoms with Crippen LogP contribution in [0.2, 0.25) is 0 Å². The number of nitrogens with zero attached hydrogens (tertiary/aromatic N) is 2. The molecule has 0 heterocycles. The highest BCUT2D eigenvalue weighted by Gasteiger charge is 2.31. The first-order chi connectivity index (χ1) is 18.7. The van der Waals surface area contributed by atoms with Crippen molar-refractivity contribution in [2.24, 2.45) is 5.92 Å². The zero-order valence-electron chi connectivity index (χ0n) is 22.4. The van der Waals surface area contributed by atoms with E-state index in [0.29, 0.717) is 6.42 Å². The van der Waals surface area contributed by atoms with E-state index in [1.165, 1.54) is 0 Å². The maximum atomic E-state index is 13.2. The van der Waals surface area contributed by atoms with Gasteiger partial charge in [-0.3, -0.25) is 9.59 Å². The van der Waals surface area contributed by atoms with Gasteiger partial charge in [0, 0.05) is 12.3 Å². The minimum atomic E-state index is -1.12. The second kappa shape index (κ2) is 14.0. The summed E-state index contributed by atoms with van der Waals surface area (Å²) in [4.78, 5) is 52.8. The van der Waals surface area contributed by atoms with Crippen molar-refractivity contribution in [1.29, 1.82) is 0 Å². The molecule has 1 aliphatic carbocycles. The number of amides is 2. The average Bonchev–Trinajstić information content (AvgIpc) is 3.23. The molecule has 0 bridgehead atoms. The van der Waals surface area contributed by atoms with Crippen LogP contribution in [0.4, 0.5) is 4.79 Å². The molecule has 2 atom stereocenters. The number of Topliss-reactive ketones (excluding diaryl/α,β-unsaturated/α-hetero) is 1. The standard InChI is InChI=1S/C29H34N4O6/c1-4-38-28(36)25(14-13-19(34)16-31-30)32-27(35)26(15-18(2)3)33-29(37)39-17-24-22-11-7-5-9-20(22)21-10-6-8-12-23(21)24/h5-12,16,18,24-26H,4,13-15,17H2,1-3H3,(H,32,35)(H,33,37)/t25-,26-/m0/s1. The Bertz CT molecular complexity index is 1210. The fourth-order valence-corrected chi connectivity index (χ4v) is 4.66. The monoisotopic (exact) mass is 534 g/mol. The molecule has 0 unspecified atom stereocenters. The molecule has 2 aromatic carbocycles. The number of carbonyl (C=O) groups is 4. The van der Waals surface area contributed by atoms with Crippen LogP contribution in [0.3, 0.4) is 0 Å². The number of carbonyl (C=O) groups excluding carboxylic acids is 4. The molecule has 0 radical (unpaired) electrons. The van der Waals surface area contributed by atoms with Crippen molar-refractivity contribution < 1.29 is 33.4 Å². The van der Waals surface area contributed by atoms with Gasteiger partial charge in [-0.1, -0.05) is 62.4 Å². The van der Waals surface area contributed by atoms with Crippen molar-refractivity contribution >= 4 is 30.0 Å². The van der Waals surface area contributed by atoms with E-state index in [4.69, 9.17) is 15.0 Å². The van der Waals surface area contributed by atoms with Crippen LogP contribution in [-0.4, -0.2) is 60.1 Å². The number of hydrogen-bond acceptors (Lipinski definition) is 6. The van der Waals surface area contributed by atoms with Gasteiger partial charge < -0.3 is 25.6 Å². The van der Waals surface area contributed by atoms with Crippen LogP contribution < -0.4 is 10.6 Å². The smallest absolute Gasteiger partial charge is 0.407 e. The predicted octanol–water partition coefficient (Wildman–Crippen LogP) is 3.64. The molecule has 2 N–H and O–H groups in total. The van der Waals surface area contributed by atoms with Gasteiger partial charge in [-0.15, -0.1) is 0 Å². The van der Waals surface area contributed by atoms with Crippen molar-refractivity contribution in [1.82, 2.24) is 10.6 Å². The molecule has 0 aliphatic heterocycles. The Morgan fingerprint density at radius 3 is 2.13 bits per heavy atom. The summed E-state index contributed by atoms with van der Waals surface area (Å²) in [5.74, 6) is -1.91. The normalized spacial score (nSPS) is 13.3. The number of benzene rings is 2. The summed E-state index contributed by atoms with van der Waals surface area (Å²) in [7, 11) is 0. The molecule has 0 aromatic heterocycles. The molecule has 10 heteroatoms. The topological polar surface area (TPSA) is 147 Å². The molecule has 0 saturated carbocycles. The fraction of sp³-hybridized carbons (Fsp3) is 0.414. The maximum Gasteiger partial charge on any atom is 0.407 e. The Kier molecular flexibility index (Phi) is 10.5. The van der Waals surface area contributed by atoms with Crippen LogP contribution >= 0.6 is 0 Å². The highest BCUT2D eigenvalue weighted by molar-refractivity contribution is 6.25. The SMILES string of the molecule is CCOC(=O)[C@H](CCC(=O)C=[N+]=[N-])NC(=O)[C@H](CC(C)C)NC(=O)OCC1c2ccccc2-c2ccccc21. The van der Waals surface area contributed by atoms with E-state index < -0.39 is 35.8 Å². The van der Waals surface area contributed by atoms with E-state index in [1.54, 1.807) is 6.92 Å². The molecule has 0 fully saturated rings. The van der Waals surface area contributed by atoms with E-state index >= 15 is 0 Å². The van der Waals surface area contributed by atoms with Crippen LogP contribution in [0.15, 0.2) is 48.5 Å². The quantitative estimate of drug-likeness (QED) is 0.174. The van der Waals surface area contributed by atoms with E-state index in [-0.39, 0.29) is 37.9 Å². The number of ketones is 1. The molecule has 2 amide bonds. The molecule has 2 aromatic rings. The van der Waals surface area contributed by atoms with Gasteiger partial charge >= 0.3 is 18.3 Å². The van der Waals surface area contributed by atoms with Gasteiger partial charge in [-0.05, 0) is 47.9 Å². The van der Waals surface area contributed by atoms with Crippen molar-refractivity contribution in [2.45, 2.75) is 58.0 Å². The predicted molar refractivity (Wildman–Crippen MR) is 144 cm³/mol. The van der Waals surface area contributed by atoms with E-state index in [0.717, 1.165) is 28.5 Å². The molecule has 3 rings (SSSR count). The van der Waals surface area contributed by atoms with Crippen LogP contribution in [0.25, 0.3) is 16.7 Å². The third-order valence-corrected chi connectivity index (χ3v) is 6.43. The molecular weight excluding hydrogens is 500 g/mol. The molecule has 0 spiro atoms. The summed E-state index contributed by atoms with van der Waals surface area (Å²) in [6.07, 6.45) is 0.0585. The lowest BCUT2D eigenvalue weighted by Crippen LogP contribution is -2.52. The van der Waals surface area contributed by atoms with Gasteiger partial charge in [-0.2, -0.15) is 4.79 Å². The molecule has 10 nitrogen and oxygen atoms in total. The summed E-state index contributed by atoms with van der Waals surface area (Å²) in [6.45, 7) is 5.60. The van der Waals surface area contributed by atoms with Gasteiger partial charge in [0.1, 0.15) is 18.7 Å². The van der Waals surface area contributed by atoms with Gasteiger partial charge in [0.25, 0.3) is 0 Å². The highest BCUT2D eigenvalue weighted by Crippen LogP contribution is 2.44. The Labute approximate surface area is 227 Å². The van der Waals surface area contributed by atoms with Gasteiger partial charge in [0.15, 0.2) is 0 Å². The Hall–Kier alpha value is -4.30. The summed E-state index contributed by atoms with van der Waals surface area (Å²) < 4.78 is 10.6. The van der Waals surface area contributed by atoms with Crippen LogP contribution in [0.5, 0.6) is 0 Å². The number of nitrogens with one attached hydrogen (secondary N) is 2.